The first-order valence-electron chi connectivity index (χ1n) is 6.76. The molecule has 0 radical (unpaired) electrons. The molecule has 1 aliphatic rings. The molecule has 1 aromatic rings. The fourth-order valence-electron chi connectivity index (χ4n) is 2.59. The summed E-state index contributed by atoms with van der Waals surface area (Å²) >= 11 is 0. The minimum atomic E-state index is -0.401. The summed E-state index contributed by atoms with van der Waals surface area (Å²) in [6.45, 7) is 4.79. The molecule has 0 aromatic heterocycles. The van der Waals surface area contributed by atoms with E-state index in [0.29, 0.717) is 24.2 Å². The van der Waals surface area contributed by atoms with Gasteiger partial charge in [0, 0.05) is 19.0 Å². The molecular formula is C15H21NO3. The Bertz CT molecular complexity index is 470. The van der Waals surface area contributed by atoms with Crippen LogP contribution in [0.2, 0.25) is 0 Å². The first-order valence-corrected chi connectivity index (χ1v) is 6.76. The summed E-state index contributed by atoms with van der Waals surface area (Å²) in [7, 11) is 0. The lowest BCUT2D eigenvalue weighted by Gasteiger charge is -2.34. The first-order chi connectivity index (χ1) is 9.00. The minimum absolute atomic E-state index is 0.0617. The van der Waals surface area contributed by atoms with Gasteiger partial charge in [-0.15, -0.1) is 0 Å². The second-order valence-electron chi connectivity index (χ2n) is 5.37. The van der Waals surface area contributed by atoms with Crippen molar-refractivity contribution < 1.29 is 15.0 Å². The van der Waals surface area contributed by atoms with Crippen LogP contribution in [0.3, 0.4) is 0 Å². The Balaban J connectivity index is 2.17. The summed E-state index contributed by atoms with van der Waals surface area (Å²) in [5, 5.41) is 19.6. The second-order valence-corrected chi connectivity index (χ2v) is 5.37. The maximum absolute atomic E-state index is 12.4. The highest BCUT2D eigenvalue weighted by molar-refractivity contribution is 5.97. The predicted molar refractivity (Wildman–Crippen MR) is 73.2 cm³/mol. The largest absolute Gasteiger partial charge is 0.507 e. The van der Waals surface area contributed by atoms with Crippen LogP contribution in [0.5, 0.6) is 5.75 Å². The van der Waals surface area contributed by atoms with Gasteiger partial charge in [-0.05, 0) is 38.3 Å². The molecule has 19 heavy (non-hydrogen) atoms. The normalized spacial score (nSPS) is 21.2. The number of benzene rings is 1. The summed E-state index contributed by atoms with van der Waals surface area (Å²) in [4.78, 5) is 14.2. The third-order valence-corrected chi connectivity index (χ3v) is 3.90. The highest BCUT2D eigenvalue weighted by Crippen LogP contribution is 2.26. The number of rotatable bonds is 2. The van der Waals surface area contributed by atoms with E-state index in [1.165, 1.54) is 0 Å². The van der Waals surface area contributed by atoms with Gasteiger partial charge in [-0.1, -0.05) is 12.1 Å². The van der Waals surface area contributed by atoms with E-state index in [-0.39, 0.29) is 17.6 Å². The van der Waals surface area contributed by atoms with Gasteiger partial charge in [-0.3, -0.25) is 4.79 Å². The van der Waals surface area contributed by atoms with Gasteiger partial charge >= 0.3 is 0 Å². The number of carbonyl (C=O) groups excluding carboxylic acids is 1. The fraction of sp³-hybridized carbons (Fsp3) is 0.533. The smallest absolute Gasteiger partial charge is 0.257 e. The highest BCUT2D eigenvalue weighted by atomic mass is 16.3. The first kappa shape index (κ1) is 13.9. The van der Waals surface area contributed by atoms with Crippen LogP contribution in [0.4, 0.5) is 0 Å². The van der Waals surface area contributed by atoms with Gasteiger partial charge in [0.15, 0.2) is 0 Å². The van der Waals surface area contributed by atoms with Crippen molar-refractivity contribution in [3.8, 4) is 5.75 Å². The number of amides is 1. The van der Waals surface area contributed by atoms with Crippen LogP contribution in [0.25, 0.3) is 0 Å². The summed E-state index contributed by atoms with van der Waals surface area (Å²) in [6.07, 6.45) is 1.44. The van der Waals surface area contributed by atoms with Crippen molar-refractivity contribution in [2.45, 2.75) is 32.8 Å². The number of aliphatic hydroxyl groups excluding tert-OH is 1. The average Bonchev–Trinajstić information content (AvgIpc) is 2.41. The molecule has 1 aromatic carbocycles. The number of phenolic OH excluding ortho intramolecular Hbond substituents is 1. The molecule has 1 aliphatic heterocycles. The number of likely N-dealkylation sites (tertiary alicyclic amines) is 1. The number of phenols is 1. The fourth-order valence-corrected chi connectivity index (χ4v) is 2.59. The molecule has 104 valence electrons. The Morgan fingerprint density at radius 3 is 2.89 bits per heavy atom. The molecule has 0 aliphatic carbocycles. The molecular weight excluding hydrogens is 242 g/mol. The van der Waals surface area contributed by atoms with Crippen molar-refractivity contribution in [1.82, 2.24) is 4.90 Å². The number of carbonyl (C=O) groups is 1. The average molecular weight is 263 g/mol. The second kappa shape index (κ2) is 5.61. The maximum atomic E-state index is 12.4. The molecule has 4 nitrogen and oxygen atoms in total. The quantitative estimate of drug-likeness (QED) is 0.857. The molecule has 2 atom stereocenters. The zero-order valence-electron chi connectivity index (χ0n) is 11.5. The van der Waals surface area contributed by atoms with Crippen molar-refractivity contribution in [2.24, 2.45) is 5.92 Å². The number of para-hydroxylation sites is 1. The molecule has 2 N–H and O–H groups in total. The van der Waals surface area contributed by atoms with Crippen LogP contribution < -0.4 is 0 Å². The van der Waals surface area contributed by atoms with Gasteiger partial charge in [0.05, 0.1) is 11.7 Å². The maximum Gasteiger partial charge on any atom is 0.257 e. The minimum Gasteiger partial charge on any atom is -0.507 e. The van der Waals surface area contributed by atoms with E-state index in [9.17, 15) is 15.0 Å². The third kappa shape index (κ3) is 2.89. The molecule has 1 amide bonds. The number of aromatic hydroxyl groups is 1. The van der Waals surface area contributed by atoms with Gasteiger partial charge < -0.3 is 15.1 Å². The lowest BCUT2D eigenvalue weighted by Crippen LogP contribution is -2.43. The van der Waals surface area contributed by atoms with Crippen molar-refractivity contribution in [3.05, 3.63) is 29.3 Å². The molecule has 2 rings (SSSR count). The van der Waals surface area contributed by atoms with Crippen LogP contribution in [-0.4, -0.2) is 40.2 Å². The Kier molecular flexibility index (Phi) is 4.10. The van der Waals surface area contributed by atoms with Crippen LogP contribution >= 0.6 is 0 Å². The van der Waals surface area contributed by atoms with Crippen LogP contribution in [0.1, 0.15) is 35.7 Å². The molecule has 1 fully saturated rings. The van der Waals surface area contributed by atoms with Crippen molar-refractivity contribution in [1.29, 1.82) is 0 Å². The molecule has 0 spiro atoms. The monoisotopic (exact) mass is 263 g/mol. The van der Waals surface area contributed by atoms with Crippen molar-refractivity contribution >= 4 is 5.91 Å². The molecule has 2 unspecified atom stereocenters. The van der Waals surface area contributed by atoms with Crippen LogP contribution in [0, 0.1) is 12.8 Å². The Hall–Kier alpha value is -1.55. The van der Waals surface area contributed by atoms with Gasteiger partial charge in [0.1, 0.15) is 5.75 Å². The number of hydrogen-bond acceptors (Lipinski definition) is 3. The third-order valence-electron chi connectivity index (χ3n) is 3.90. The zero-order valence-corrected chi connectivity index (χ0v) is 11.5. The topological polar surface area (TPSA) is 60.8 Å². The summed E-state index contributed by atoms with van der Waals surface area (Å²) in [6, 6.07) is 5.20. The van der Waals surface area contributed by atoms with Crippen molar-refractivity contribution in [2.75, 3.05) is 13.1 Å². The van der Waals surface area contributed by atoms with Gasteiger partial charge in [-0.2, -0.15) is 0 Å². The standard InChI is InChI=1S/C15H21NO3/c1-10-5-3-7-13(14(10)18)15(19)16-8-4-6-12(9-16)11(2)17/h3,5,7,11-12,17-18H,4,6,8-9H2,1-2H3. The van der Waals surface area contributed by atoms with Crippen LogP contribution in [0.15, 0.2) is 18.2 Å². The van der Waals surface area contributed by atoms with E-state index in [1.807, 2.05) is 0 Å². The number of aliphatic hydroxyl groups is 1. The Morgan fingerprint density at radius 1 is 1.47 bits per heavy atom. The molecule has 4 heteroatoms. The van der Waals surface area contributed by atoms with Gasteiger partial charge in [0.2, 0.25) is 0 Å². The Labute approximate surface area is 113 Å². The van der Waals surface area contributed by atoms with Crippen molar-refractivity contribution in [3.63, 3.8) is 0 Å². The van der Waals surface area contributed by atoms with E-state index in [0.717, 1.165) is 12.8 Å². The van der Waals surface area contributed by atoms with Crippen LogP contribution in [-0.2, 0) is 0 Å². The molecule has 1 heterocycles. The van der Waals surface area contributed by atoms with E-state index in [2.05, 4.69) is 0 Å². The Morgan fingerprint density at radius 2 is 2.21 bits per heavy atom. The van der Waals surface area contributed by atoms with E-state index in [1.54, 1.807) is 36.9 Å². The summed E-state index contributed by atoms with van der Waals surface area (Å²) in [5.74, 6) is 0.0443. The molecule has 1 saturated heterocycles. The lowest BCUT2D eigenvalue weighted by molar-refractivity contribution is 0.0464. The number of nitrogens with zero attached hydrogens (tertiary/aromatic N) is 1. The number of piperidine rings is 1. The number of aryl methyl sites for hydroxylation is 1. The molecule has 0 bridgehead atoms. The zero-order chi connectivity index (χ0) is 14.0. The van der Waals surface area contributed by atoms with Gasteiger partial charge in [-0.25, -0.2) is 0 Å². The number of hydrogen-bond donors (Lipinski definition) is 2. The highest BCUT2D eigenvalue weighted by Gasteiger charge is 2.28. The SMILES string of the molecule is Cc1cccc(C(=O)N2CCCC(C(C)O)C2)c1O. The summed E-state index contributed by atoms with van der Waals surface area (Å²) < 4.78 is 0. The van der Waals surface area contributed by atoms with E-state index >= 15 is 0 Å². The van der Waals surface area contributed by atoms with E-state index in [4.69, 9.17) is 0 Å². The summed E-state index contributed by atoms with van der Waals surface area (Å²) in [5.41, 5.74) is 1.06. The van der Waals surface area contributed by atoms with E-state index < -0.39 is 6.10 Å². The predicted octanol–water partition coefficient (Wildman–Crippen LogP) is 1.93. The lowest BCUT2D eigenvalue weighted by atomic mass is 9.93. The van der Waals surface area contributed by atoms with Gasteiger partial charge in [0.25, 0.3) is 5.91 Å². The molecule has 0 saturated carbocycles.